The molecule has 6 nitrogen and oxygen atoms in total. The Hall–Kier alpha value is -3.22. The van der Waals surface area contributed by atoms with Crippen LogP contribution < -0.4 is 19.1 Å². The second-order valence-electron chi connectivity index (χ2n) is 7.82. The van der Waals surface area contributed by atoms with Crippen molar-refractivity contribution in [2.75, 3.05) is 38.8 Å². The quantitative estimate of drug-likeness (QED) is 0.365. The van der Waals surface area contributed by atoms with E-state index in [-0.39, 0.29) is 18.4 Å². The molecule has 2 amide bonds. The molecular formula is C25H31FN2O4. The Morgan fingerprint density at radius 1 is 1.00 bits per heavy atom. The van der Waals surface area contributed by atoms with E-state index in [1.807, 2.05) is 12.1 Å². The van der Waals surface area contributed by atoms with Crippen molar-refractivity contribution in [2.45, 2.75) is 32.7 Å². The highest BCUT2D eigenvalue weighted by atomic mass is 19.1. The van der Waals surface area contributed by atoms with Crippen LogP contribution in [0.4, 0.5) is 14.9 Å². The first-order valence-electron chi connectivity index (χ1n) is 10.8. The summed E-state index contributed by atoms with van der Waals surface area (Å²) in [7, 11) is 3.12. The normalized spacial score (nSPS) is 14.0. The minimum atomic E-state index is -0.374. The van der Waals surface area contributed by atoms with Gasteiger partial charge in [-0.2, -0.15) is 0 Å². The molecule has 0 atom stereocenters. The van der Waals surface area contributed by atoms with Crippen LogP contribution in [0.3, 0.4) is 0 Å². The van der Waals surface area contributed by atoms with Gasteiger partial charge >= 0.3 is 6.03 Å². The first-order valence-corrected chi connectivity index (χ1v) is 10.8. The van der Waals surface area contributed by atoms with Crippen molar-refractivity contribution < 1.29 is 23.4 Å². The molecule has 0 aromatic heterocycles. The lowest BCUT2D eigenvalue weighted by atomic mass is 10.1. The number of urea groups is 1. The molecule has 1 fully saturated rings. The van der Waals surface area contributed by atoms with E-state index in [0.717, 1.165) is 24.8 Å². The Bertz CT molecular complexity index is 963. The number of hydrogen-bond acceptors (Lipinski definition) is 4. The minimum absolute atomic E-state index is 0.189. The lowest BCUT2D eigenvalue weighted by Gasteiger charge is -2.37. The SMILES string of the molecule is C=C1CN(Cc2cc(F)ccc2OC)C(=O)N(c2ccc(OC)c(OCCCCC)c2)C1. The number of ether oxygens (including phenoxy) is 3. The molecule has 0 spiro atoms. The average molecular weight is 443 g/mol. The number of methoxy groups -OCH3 is 2. The van der Waals surface area contributed by atoms with E-state index in [1.54, 1.807) is 29.0 Å². The molecule has 1 heterocycles. The first kappa shape index (κ1) is 23.4. The van der Waals surface area contributed by atoms with Gasteiger partial charge in [-0.05, 0) is 42.3 Å². The van der Waals surface area contributed by atoms with Crippen LogP contribution in [0.15, 0.2) is 48.6 Å². The lowest BCUT2D eigenvalue weighted by Crippen LogP contribution is -2.50. The topological polar surface area (TPSA) is 51.2 Å². The molecule has 2 aromatic carbocycles. The molecule has 1 saturated heterocycles. The summed E-state index contributed by atoms with van der Waals surface area (Å²) in [5, 5.41) is 0. The van der Waals surface area contributed by atoms with Crippen LogP contribution in [-0.2, 0) is 6.54 Å². The molecule has 1 aliphatic heterocycles. The summed E-state index contributed by atoms with van der Waals surface area (Å²) < 4.78 is 30.5. The molecule has 0 unspecified atom stereocenters. The Morgan fingerprint density at radius 2 is 1.75 bits per heavy atom. The van der Waals surface area contributed by atoms with Crippen LogP contribution in [0.2, 0.25) is 0 Å². The van der Waals surface area contributed by atoms with E-state index in [1.165, 1.54) is 19.2 Å². The average Bonchev–Trinajstić information content (AvgIpc) is 2.79. The Kier molecular flexibility index (Phi) is 7.98. The van der Waals surface area contributed by atoms with Gasteiger partial charge in [-0.25, -0.2) is 9.18 Å². The number of amides is 2. The maximum atomic E-state index is 13.8. The van der Waals surface area contributed by atoms with Gasteiger partial charge in [-0.3, -0.25) is 4.90 Å². The molecule has 32 heavy (non-hydrogen) atoms. The van der Waals surface area contributed by atoms with E-state index < -0.39 is 0 Å². The van der Waals surface area contributed by atoms with Crippen LogP contribution in [0.25, 0.3) is 0 Å². The van der Waals surface area contributed by atoms with E-state index in [9.17, 15) is 9.18 Å². The van der Waals surface area contributed by atoms with Crippen molar-refractivity contribution in [1.29, 1.82) is 0 Å². The van der Waals surface area contributed by atoms with Crippen LogP contribution >= 0.6 is 0 Å². The van der Waals surface area contributed by atoms with Gasteiger partial charge < -0.3 is 19.1 Å². The van der Waals surface area contributed by atoms with E-state index in [4.69, 9.17) is 14.2 Å². The molecule has 0 radical (unpaired) electrons. The zero-order valence-corrected chi connectivity index (χ0v) is 19.0. The summed E-state index contributed by atoms with van der Waals surface area (Å²) in [5.74, 6) is 1.38. The maximum absolute atomic E-state index is 13.8. The van der Waals surface area contributed by atoms with Gasteiger partial charge in [0.05, 0.1) is 33.9 Å². The molecule has 2 aromatic rings. The monoisotopic (exact) mass is 442 g/mol. The molecule has 0 N–H and O–H groups in total. The van der Waals surface area contributed by atoms with Gasteiger partial charge in [-0.15, -0.1) is 0 Å². The summed E-state index contributed by atoms with van der Waals surface area (Å²) >= 11 is 0. The number of hydrogen-bond donors (Lipinski definition) is 0. The fraction of sp³-hybridized carbons (Fsp3) is 0.400. The second kappa shape index (κ2) is 10.9. The smallest absolute Gasteiger partial charge is 0.325 e. The number of rotatable bonds is 10. The summed E-state index contributed by atoms with van der Waals surface area (Å²) in [4.78, 5) is 16.6. The summed E-state index contributed by atoms with van der Waals surface area (Å²) in [6.07, 6.45) is 3.15. The van der Waals surface area contributed by atoms with Gasteiger partial charge in [0.2, 0.25) is 0 Å². The summed E-state index contributed by atoms with van der Waals surface area (Å²) in [5.41, 5.74) is 2.17. The summed E-state index contributed by atoms with van der Waals surface area (Å²) in [6, 6.07) is 9.56. The third kappa shape index (κ3) is 5.52. The molecule has 1 aliphatic rings. The summed E-state index contributed by atoms with van der Waals surface area (Å²) in [6.45, 7) is 7.84. The molecule has 3 rings (SSSR count). The Morgan fingerprint density at radius 3 is 2.47 bits per heavy atom. The molecule has 0 saturated carbocycles. The lowest BCUT2D eigenvalue weighted by molar-refractivity contribution is 0.201. The minimum Gasteiger partial charge on any atom is -0.496 e. The maximum Gasteiger partial charge on any atom is 0.325 e. The van der Waals surface area contributed by atoms with Crippen LogP contribution in [0.5, 0.6) is 17.2 Å². The molecule has 172 valence electrons. The number of carbonyl (C=O) groups excluding carboxylic acids is 1. The number of benzene rings is 2. The zero-order chi connectivity index (χ0) is 23.1. The van der Waals surface area contributed by atoms with Crippen molar-refractivity contribution in [3.05, 3.63) is 59.9 Å². The van der Waals surface area contributed by atoms with E-state index in [0.29, 0.717) is 48.2 Å². The first-order chi connectivity index (χ1) is 15.5. The second-order valence-corrected chi connectivity index (χ2v) is 7.82. The van der Waals surface area contributed by atoms with Gasteiger partial charge in [0.15, 0.2) is 11.5 Å². The molecule has 7 heteroatoms. The van der Waals surface area contributed by atoms with E-state index >= 15 is 0 Å². The highest BCUT2D eigenvalue weighted by molar-refractivity contribution is 5.94. The largest absolute Gasteiger partial charge is 0.496 e. The molecule has 0 aliphatic carbocycles. The van der Waals surface area contributed by atoms with Crippen molar-refractivity contribution in [1.82, 2.24) is 4.90 Å². The van der Waals surface area contributed by atoms with Crippen molar-refractivity contribution in [3.63, 3.8) is 0 Å². The fourth-order valence-electron chi connectivity index (χ4n) is 3.73. The van der Waals surface area contributed by atoms with Gasteiger partial charge in [0.1, 0.15) is 11.6 Å². The highest BCUT2D eigenvalue weighted by Crippen LogP contribution is 2.34. The van der Waals surface area contributed by atoms with E-state index in [2.05, 4.69) is 13.5 Å². The number of halogens is 1. The standard InChI is InChI=1S/C25H31FN2O4/c1-5-6-7-12-32-24-14-21(9-11-23(24)31-4)28-16-18(2)15-27(25(28)29)17-19-13-20(26)8-10-22(19)30-3/h8-11,13-14H,2,5-7,12,15-17H2,1,3-4H3. The number of nitrogens with zero attached hydrogens (tertiary/aromatic N) is 2. The van der Waals surface area contributed by atoms with Crippen LogP contribution in [0, 0.1) is 5.82 Å². The zero-order valence-electron chi connectivity index (χ0n) is 19.0. The predicted molar refractivity (Wildman–Crippen MR) is 123 cm³/mol. The van der Waals surface area contributed by atoms with Crippen molar-refractivity contribution >= 4 is 11.7 Å². The number of unbranched alkanes of at least 4 members (excludes halogenated alkanes) is 2. The third-order valence-electron chi connectivity index (χ3n) is 5.37. The van der Waals surface area contributed by atoms with Gasteiger partial charge in [0, 0.05) is 23.9 Å². The van der Waals surface area contributed by atoms with Crippen LogP contribution in [-0.4, -0.2) is 44.8 Å². The van der Waals surface area contributed by atoms with Crippen LogP contribution in [0.1, 0.15) is 31.7 Å². The number of anilines is 1. The Balaban J connectivity index is 1.82. The Labute approximate surface area is 189 Å². The van der Waals surface area contributed by atoms with Crippen molar-refractivity contribution in [2.24, 2.45) is 0 Å². The van der Waals surface area contributed by atoms with Crippen molar-refractivity contribution in [3.8, 4) is 17.2 Å². The third-order valence-corrected chi connectivity index (χ3v) is 5.37. The number of carbonyl (C=O) groups is 1. The fourth-order valence-corrected chi connectivity index (χ4v) is 3.73. The van der Waals surface area contributed by atoms with Gasteiger partial charge in [-0.1, -0.05) is 26.3 Å². The van der Waals surface area contributed by atoms with Gasteiger partial charge in [0.25, 0.3) is 0 Å². The molecular weight excluding hydrogens is 411 g/mol. The molecule has 0 bridgehead atoms. The highest BCUT2D eigenvalue weighted by Gasteiger charge is 2.30. The predicted octanol–water partition coefficient (Wildman–Crippen LogP) is 5.41.